The fraction of sp³-hybridized carbons (Fsp3) is 0.471. The summed E-state index contributed by atoms with van der Waals surface area (Å²) in [7, 11) is 0. The molecule has 0 aliphatic carbocycles. The van der Waals surface area contributed by atoms with Crippen molar-refractivity contribution in [3.8, 4) is 0 Å². The van der Waals surface area contributed by atoms with E-state index in [9.17, 15) is 18.0 Å². The Hall–Kier alpha value is -1.98. The standard InChI is InChI=1S/C17H22F3NO2/c1-12-8-9-14(17(18,19)20)11-13(12)7-5-6-10-21-15(22)23-16(2,3)4/h5,7-9,11H,6,10H2,1-4H3,(H,21,22). The van der Waals surface area contributed by atoms with E-state index in [2.05, 4.69) is 5.32 Å². The van der Waals surface area contributed by atoms with E-state index < -0.39 is 23.4 Å². The number of ether oxygens (including phenoxy) is 1. The first-order valence-electron chi connectivity index (χ1n) is 7.30. The molecule has 1 aromatic carbocycles. The number of nitrogens with one attached hydrogen (secondary N) is 1. The van der Waals surface area contributed by atoms with Crippen LogP contribution in [0, 0.1) is 6.92 Å². The largest absolute Gasteiger partial charge is 0.444 e. The quantitative estimate of drug-likeness (QED) is 0.794. The van der Waals surface area contributed by atoms with Gasteiger partial charge in [-0.05, 0) is 57.4 Å². The average Bonchev–Trinajstić information content (AvgIpc) is 2.36. The smallest absolute Gasteiger partial charge is 0.416 e. The second kappa shape index (κ2) is 7.53. The molecule has 0 unspecified atom stereocenters. The summed E-state index contributed by atoms with van der Waals surface area (Å²) in [4.78, 5) is 11.4. The summed E-state index contributed by atoms with van der Waals surface area (Å²) in [6.07, 6.45) is -1.02. The summed E-state index contributed by atoms with van der Waals surface area (Å²) >= 11 is 0. The van der Waals surface area contributed by atoms with Crippen molar-refractivity contribution in [3.05, 3.63) is 41.0 Å². The van der Waals surface area contributed by atoms with Crippen molar-refractivity contribution in [2.45, 2.75) is 45.9 Å². The third-order valence-electron chi connectivity index (χ3n) is 2.88. The minimum atomic E-state index is -4.35. The predicted octanol–water partition coefficient (Wildman–Crippen LogP) is 4.94. The molecule has 0 fully saturated rings. The lowest BCUT2D eigenvalue weighted by Gasteiger charge is -2.19. The summed E-state index contributed by atoms with van der Waals surface area (Å²) in [5.41, 5.74) is 0.0378. The van der Waals surface area contributed by atoms with Crippen molar-refractivity contribution in [1.82, 2.24) is 5.32 Å². The van der Waals surface area contributed by atoms with Gasteiger partial charge in [-0.1, -0.05) is 18.2 Å². The fourth-order valence-corrected chi connectivity index (χ4v) is 1.78. The number of benzene rings is 1. The van der Waals surface area contributed by atoms with Gasteiger partial charge >= 0.3 is 12.3 Å². The number of carbonyl (C=O) groups excluding carboxylic acids is 1. The number of alkyl halides is 3. The molecule has 1 aromatic rings. The number of aryl methyl sites for hydroxylation is 1. The molecule has 6 heteroatoms. The van der Waals surface area contributed by atoms with Crippen LogP contribution in [0.3, 0.4) is 0 Å². The van der Waals surface area contributed by atoms with Crippen molar-refractivity contribution < 1.29 is 22.7 Å². The molecule has 0 aromatic heterocycles. The Bertz CT molecular complexity index is 572. The SMILES string of the molecule is Cc1ccc(C(F)(F)F)cc1C=CCCNC(=O)OC(C)(C)C. The molecule has 1 rings (SSSR count). The van der Waals surface area contributed by atoms with E-state index in [1.54, 1.807) is 39.8 Å². The van der Waals surface area contributed by atoms with E-state index >= 15 is 0 Å². The first-order chi connectivity index (χ1) is 10.5. The van der Waals surface area contributed by atoms with Gasteiger partial charge in [0.25, 0.3) is 0 Å². The molecule has 3 nitrogen and oxygen atoms in total. The Morgan fingerprint density at radius 3 is 2.48 bits per heavy atom. The fourth-order valence-electron chi connectivity index (χ4n) is 1.78. The summed E-state index contributed by atoms with van der Waals surface area (Å²) in [6.45, 7) is 7.40. The Morgan fingerprint density at radius 1 is 1.26 bits per heavy atom. The van der Waals surface area contributed by atoms with Crippen molar-refractivity contribution in [2.24, 2.45) is 0 Å². The molecule has 0 heterocycles. The number of halogens is 3. The van der Waals surface area contributed by atoms with Crippen LogP contribution in [0.25, 0.3) is 6.08 Å². The normalized spacial score (nSPS) is 12.5. The molecule has 128 valence electrons. The van der Waals surface area contributed by atoms with Gasteiger partial charge in [-0.15, -0.1) is 0 Å². The second-order valence-electron chi connectivity index (χ2n) is 6.19. The van der Waals surface area contributed by atoms with Crippen LogP contribution in [-0.2, 0) is 10.9 Å². The molecule has 0 saturated heterocycles. The Morgan fingerprint density at radius 2 is 1.91 bits per heavy atom. The van der Waals surface area contributed by atoms with Gasteiger partial charge in [0.15, 0.2) is 0 Å². The van der Waals surface area contributed by atoms with Crippen LogP contribution in [0.4, 0.5) is 18.0 Å². The predicted molar refractivity (Wildman–Crippen MR) is 84.1 cm³/mol. The van der Waals surface area contributed by atoms with E-state index in [1.165, 1.54) is 6.07 Å². The molecular formula is C17H22F3NO2. The number of hydrogen-bond donors (Lipinski definition) is 1. The molecular weight excluding hydrogens is 307 g/mol. The number of hydrogen-bond acceptors (Lipinski definition) is 2. The average molecular weight is 329 g/mol. The molecule has 1 amide bonds. The van der Waals surface area contributed by atoms with Crippen molar-refractivity contribution in [2.75, 3.05) is 6.54 Å². The van der Waals surface area contributed by atoms with Crippen LogP contribution in [0.5, 0.6) is 0 Å². The lowest BCUT2D eigenvalue weighted by atomic mass is 10.0. The Kier molecular flexibility index (Phi) is 6.24. The van der Waals surface area contributed by atoms with E-state index in [1.807, 2.05) is 0 Å². The van der Waals surface area contributed by atoms with Crippen LogP contribution < -0.4 is 5.32 Å². The zero-order chi connectivity index (χ0) is 17.7. The first kappa shape index (κ1) is 19.1. The van der Waals surface area contributed by atoms with Crippen LogP contribution >= 0.6 is 0 Å². The number of carbonyl (C=O) groups is 1. The highest BCUT2D eigenvalue weighted by Crippen LogP contribution is 2.30. The molecule has 23 heavy (non-hydrogen) atoms. The number of alkyl carbamates (subject to hydrolysis) is 1. The molecule has 0 atom stereocenters. The summed E-state index contributed by atoms with van der Waals surface area (Å²) in [5.74, 6) is 0. The van der Waals surface area contributed by atoms with Gasteiger partial charge in [0.1, 0.15) is 5.60 Å². The van der Waals surface area contributed by atoms with Crippen LogP contribution in [0.2, 0.25) is 0 Å². The zero-order valence-electron chi connectivity index (χ0n) is 13.8. The van der Waals surface area contributed by atoms with E-state index in [-0.39, 0.29) is 0 Å². The third kappa shape index (κ3) is 7.21. The molecule has 0 radical (unpaired) electrons. The monoisotopic (exact) mass is 329 g/mol. The van der Waals surface area contributed by atoms with E-state index in [0.717, 1.165) is 17.7 Å². The van der Waals surface area contributed by atoms with Gasteiger partial charge in [0, 0.05) is 6.54 Å². The molecule has 1 N–H and O–H groups in total. The van der Waals surface area contributed by atoms with Crippen molar-refractivity contribution >= 4 is 12.2 Å². The summed E-state index contributed by atoms with van der Waals surface area (Å²) < 4.78 is 43.1. The van der Waals surface area contributed by atoms with Gasteiger partial charge in [-0.3, -0.25) is 0 Å². The van der Waals surface area contributed by atoms with Crippen LogP contribution in [-0.4, -0.2) is 18.2 Å². The van der Waals surface area contributed by atoms with Gasteiger partial charge in [-0.25, -0.2) is 4.79 Å². The third-order valence-corrected chi connectivity index (χ3v) is 2.88. The maximum absolute atomic E-state index is 12.7. The van der Waals surface area contributed by atoms with Gasteiger partial charge < -0.3 is 10.1 Å². The lowest BCUT2D eigenvalue weighted by molar-refractivity contribution is -0.137. The minimum Gasteiger partial charge on any atom is -0.444 e. The first-order valence-corrected chi connectivity index (χ1v) is 7.30. The maximum atomic E-state index is 12.7. The molecule has 0 bridgehead atoms. The highest BCUT2D eigenvalue weighted by Gasteiger charge is 2.30. The number of rotatable bonds is 4. The maximum Gasteiger partial charge on any atom is 0.416 e. The topological polar surface area (TPSA) is 38.3 Å². The van der Waals surface area contributed by atoms with E-state index in [0.29, 0.717) is 18.5 Å². The zero-order valence-corrected chi connectivity index (χ0v) is 13.8. The van der Waals surface area contributed by atoms with E-state index in [4.69, 9.17) is 4.74 Å². The van der Waals surface area contributed by atoms with Gasteiger partial charge in [0.2, 0.25) is 0 Å². The second-order valence-corrected chi connectivity index (χ2v) is 6.19. The van der Waals surface area contributed by atoms with Crippen LogP contribution in [0.15, 0.2) is 24.3 Å². The summed E-state index contributed by atoms with van der Waals surface area (Å²) in [5, 5.41) is 2.58. The molecule has 0 aliphatic rings. The number of amides is 1. The minimum absolute atomic E-state index is 0.351. The molecule has 0 aliphatic heterocycles. The Labute approximate surface area is 134 Å². The highest BCUT2D eigenvalue weighted by atomic mass is 19.4. The van der Waals surface area contributed by atoms with Gasteiger partial charge in [0.05, 0.1) is 5.56 Å². The highest BCUT2D eigenvalue weighted by molar-refractivity contribution is 5.67. The van der Waals surface area contributed by atoms with Crippen LogP contribution in [0.1, 0.15) is 43.9 Å². The molecule has 0 spiro atoms. The van der Waals surface area contributed by atoms with Crippen molar-refractivity contribution in [3.63, 3.8) is 0 Å². The van der Waals surface area contributed by atoms with Crippen molar-refractivity contribution in [1.29, 1.82) is 0 Å². The summed E-state index contributed by atoms with van der Waals surface area (Å²) in [6, 6.07) is 3.63. The Balaban J connectivity index is 2.54. The van der Waals surface area contributed by atoms with Gasteiger partial charge in [-0.2, -0.15) is 13.2 Å². The molecule has 0 saturated carbocycles. The lowest BCUT2D eigenvalue weighted by Crippen LogP contribution is -2.32.